The fourth-order valence-electron chi connectivity index (χ4n) is 1.25. The van der Waals surface area contributed by atoms with Gasteiger partial charge in [0.25, 0.3) is 11.8 Å². The molecule has 2 heterocycles. The van der Waals surface area contributed by atoms with Crippen LogP contribution in [0.3, 0.4) is 0 Å². The summed E-state index contributed by atoms with van der Waals surface area (Å²) in [6.07, 6.45) is 6.40. The first-order valence-corrected chi connectivity index (χ1v) is 9.28. The minimum absolute atomic E-state index is 0.176. The van der Waals surface area contributed by atoms with Crippen molar-refractivity contribution in [2.45, 2.75) is 13.8 Å². The monoisotopic (exact) mass is 470 g/mol. The summed E-state index contributed by atoms with van der Waals surface area (Å²) >= 11 is 0. The van der Waals surface area contributed by atoms with Gasteiger partial charge in [-0.15, -0.1) is 0 Å². The maximum Gasteiger partial charge on any atom is 0.338 e. The van der Waals surface area contributed by atoms with Crippen LogP contribution in [0.15, 0.2) is 85.5 Å². The minimum Gasteiger partial charge on any atom is -0.478 e. The van der Waals surface area contributed by atoms with Crippen molar-refractivity contribution >= 4 is 41.7 Å². The number of hydrogen-bond acceptors (Lipinski definition) is 7. The Balaban J connectivity index is 0. The number of ether oxygens (including phenoxy) is 1. The quantitative estimate of drug-likeness (QED) is 0.260. The molecule has 3 rings (SSSR count). The highest BCUT2D eigenvalue weighted by Crippen LogP contribution is 1.97. The van der Waals surface area contributed by atoms with Gasteiger partial charge in [0.1, 0.15) is 0 Å². The first-order valence-electron chi connectivity index (χ1n) is 9.28. The molecule has 0 bridgehead atoms. The van der Waals surface area contributed by atoms with Gasteiger partial charge in [0, 0.05) is 35.5 Å². The number of carboxylic acids is 1. The molecule has 0 unspecified atom stereocenters. The molecule has 10 heteroatoms. The topological polar surface area (TPSA) is 170 Å². The lowest BCUT2D eigenvalue weighted by atomic mass is 10.2. The number of amides is 3. The molecule has 0 saturated carbocycles. The Kier molecular flexibility index (Phi) is 16.4. The Labute approximate surface area is 196 Å². The number of carboxylic acid groups (broad SMARTS) is 1. The minimum atomic E-state index is -0.935. The van der Waals surface area contributed by atoms with Gasteiger partial charge in [-0.1, -0.05) is 56.1 Å². The van der Waals surface area contributed by atoms with Gasteiger partial charge in [-0.3, -0.25) is 19.7 Å². The van der Waals surface area contributed by atoms with Gasteiger partial charge in [-0.2, -0.15) is 0 Å². The van der Waals surface area contributed by atoms with Crippen LogP contribution in [0.1, 0.15) is 19.4 Å². The van der Waals surface area contributed by atoms with E-state index >= 15 is 0 Å². The van der Waals surface area contributed by atoms with E-state index in [1.807, 2.05) is 41.7 Å². The van der Waals surface area contributed by atoms with Crippen LogP contribution in [-0.2, 0) is 33.5 Å². The van der Waals surface area contributed by atoms with Crippen molar-refractivity contribution in [3.63, 3.8) is 0 Å². The van der Waals surface area contributed by atoms with Crippen LogP contribution in [0.25, 0.3) is 6.08 Å². The summed E-state index contributed by atoms with van der Waals surface area (Å²) in [5.74, 6) is -3.19. The zero-order chi connectivity index (χ0) is 26.7. The lowest BCUT2D eigenvalue weighted by Gasteiger charge is -1.85. The van der Waals surface area contributed by atoms with Crippen molar-refractivity contribution < 1.29 is 38.6 Å². The molecule has 0 aliphatic carbocycles. The number of nitrogens with two attached hydrogens (primary N) is 1. The molecular weight excluding hydrogens is 444 g/mol. The third kappa shape index (κ3) is 19.1. The van der Waals surface area contributed by atoms with E-state index in [2.05, 4.69) is 24.5 Å². The number of aliphatic carboxylic acids is 1. The zero-order valence-electron chi connectivity index (χ0n) is 18.8. The van der Waals surface area contributed by atoms with Gasteiger partial charge in [-0.05, 0) is 19.4 Å². The largest absolute Gasteiger partial charge is 0.478 e. The van der Waals surface area contributed by atoms with E-state index in [1.165, 1.54) is 24.6 Å². The van der Waals surface area contributed by atoms with E-state index in [-0.39, 0.29) is 17.4 Å². The third-order valence-corrected chi connectivity index (χ3v) is 3.01. The van der Waals surface area contributed by atoms with Crippen LogP contribution in [0.2, 0.25) is 0 Å². The standard InChI is InChI=1S/C8H8.C4H3NO2.C4H7NO.C4H2O3.C4H6O2/c1-2-8-6-4-3-5-7-8;6-3-1-2-4(7)5-3;1-3(2)4(5)6;5-3-1-2-4(6)7-3;1-3(2)4(5)6/h2-7H,1H2;1-2H,(H,5,6,7);1H2,2H3,(H2,5,6);1-2H;1H2,2H3,(H,5,6). The van der Waals surface area contributed by atoms with Gasteiger partial charge in [-0.25, -0.2) is 14.4 Å². The number of imide groups is 1. The van der Waals surface area contributed by atoms with Gasteiger partial charge in [0.05, 0.1) is 0 Å². The van der Waals surface area contributed by atoms with Crippen LogP contribution in [0.4, 0.5) is 0 Å². The van der Waals surface area contributed by atoms with Crippen LogP contribution in [0, 0.1) is 0 Å². The highest BCUT2D eigenvalue weighted by atomic mass is 16.6. The highest BCUT2D eigenvalue weighted by Gasteiger charge is 2.10. The molecule has 3 amide bonds. The SMILES string of the molecule is C=C(C)C(=O)O.C=C(C)C(N)=O.C=Cc1ccccc1.O=C1C=CC(=O)N1.O=C1C=CC(=O)O1. The summed E-state index contributed by atoms with van der Waals surface area (Å²) in [5.41, 5.74) is 6.44. The normalized spacial score (nSPS) is 11.9. The first kappa shape index (κ1) is 31.3. The molecule has 10 nitrogen and oxygen atoms in total. The molecule has 0 atom stereocenters. The fraction of sp³-hybridized carbons (Fsp3) is 0.0833. The van der Waals surface area contributed by atoms with E-state index in [4.69, 9.17) is 10.8 Å². The van der Waals surface area contributed by atoms with Gasteiger partial charge in [0.15, 0.2) is 0 Å². The first-order chi connectivity index (χ1) is 15.8. The number of rotatable bonds is 3. The second kappa shape index (κ2) is 17.8. The fourth-order valence-corrected chi connectivity index (χ4v) is 1.25. The van der Waals surface area contributed by atoms with Crippen LogP contribution < -0.4 is 11.1 Å². The predicted molar refractivity (Wildman–Crippen MR) is 126 cm³/mol. The maximum atomic E-state index is 10.0. The Morgan fingerprint density at radius 3 is 1.41 bits per heavy atom. The number of esters is 2. The Hall–Kier alpha value is -4.86. The Morgan fingerprint density at radius 2 is 1.26 bits per heavy atom. The lowest BCUT2D eigenvalue weighted by Crippen LogP contribution is -2.19. The molecule has 0 fully saturated rings. The molecule has 2 aliphatic heterocycles. The van der Waals surface area contributed by atoms with E-state index < -0.39 is 23.8 Å². The smallest absolute Gasteiger partial charge is 0.338 e. The molecule has 0 aromatic heterocycles. The van der Waals surface area contributed by atoms with E-state index in [0.717, 1.165) is 12.2 Å². The number of carbonyl (C=O) groups excluding carboxylic acids is 5. The lowest BCUT2D eigenvalue weighted by molar-refractivity contribution is -0.150. The maximum absolute atomic E-state index is 10.0. The zero-order valence-corrected chi connectivity index (χ0v) is 18.8. The molecule has 34 heavy (non-hydrogen) atoms. The third-order valence-electron chi connectivity index (χ3n) is 3.01. The van der Waals surface area contributed by atoms with Crippen molar-refractivity contribution in [3.05, 3.63) is 91.1 Å². The molecule has 1 aromatic carbocycles. The van der Waals surface area contributed by atoms with Crippen molar-refractivity contribution in [1.82, 2.24) is 5.32 Å². The summed E-state index contributed by atoms with van der Waals surface area (Å²) in [6.45, 7) is 13.1. The summed E-state index contributed by atoms with van der Waals surface area (Å²) in [6, 6.07) is 10.0. The molecule has 0 spiro atoms. The van der Waals surface area contributed by atoms with Gasteiger partial charge >= 0.3 is 17.9 Å². The Bertz CT molecular complexity index is 889. The van der Waals surface area contributed by atoms with Gasteiger partial charge < -0.3 is 15.6 Å². The number of hydrogen-bond donors (Lipinski definition) is 3. The number of carbonyl (C=O) groups is 6. The van der Waals surface area contributed by atoms with E-state index in [1.54, 1.807) is 6.92 Å². The highest BCUT2D eigenvalue weighted by molar-refractivity contribution is 6.12. The predicted octanol–water partition coefficient (Wildman–Crippen LogP) is 1.85. The summed E-state index contributed by atoms with van der Waals surface area (Å²) in [4.78, 5) is 59.3. The van der Waals surface area contributed by atoms with Crippen molar-refractivity contribution in [1.29, 1.82) is 0 Å². The van der Waals surface area contributed by atoms with Crippen LogP contribution in [0.5, 0.6) is 0 Å². The summed E-state index contributed by atoms with van der Waals surface area (Å²) in [7, 11) is 0. The van der Waals surface area contributed by atoms with Crippen LogP contribution >= 0.6 is 0 Å². The molecular formula is C24H26N2O8. The number of primary amides is 1. The molecule has 2 aliphatic rings. The second-order valence-corrected chi connectivity index (χ2v) is 6.11. The second-order valence-electron chi connectivity index (χ2n) is 6.11. The number of nitrogens with one attached hydrogen (secondary N) is 1. The van der Waals surface area contributed by atoms with Crippen molar-refractivity contribution in [2.24, 2.45) is 5.73 Å². The number of cyclic esters (lactones) is 2. The van der Waals surface area contributed by atoms with Crippen molar-refractivity contribution in [3.8, 4) is 0 Å². The van der Waals surface area contributed by atoms with Crippen molar-refractivity contribution in [2.75, 3.05) is 0 Å². The average molecular weight is 470 g/mol. The number of benzene rings is 1. The Morgan fingerprint density at radius 1 is 0.882 bits per heavy atom. The summed E-state index contributed by atoms with van der Waals surface area (Å²) < 4.78 is 3.97. The van der Waals surface area contributed by atoms with E-state index in [9.17, 15) is 28.8 Å². The van der Waals surface area contributed by atoms with Gasteiger partial charge in [0.2, 0.25) is 5.91 Å². The molecule has 1 aromatic rings. The summed E-state index contributed by atoms with van der Waals surface area (Å²) in [5, 5.41) is 9.92. The molecule has 180 valence electrons. The molecule has 0 radical (unpaired) electrons. The van der Waals surface area contributed by atoms with E-state index in [0.29, 0.717) is 5.57 Å². The van der Waals surface area contributed by atoms with Crippen LogP contribution in [-0.4, -0.2) is 40.7 Å². The average Bonchev–Trinajstić information content (AvgIpc) is 3.35. The molecule has 4 N–H and O–H groups in total. The molecule has 0 saturated heterocycles.